The Morgan fingerprint density at radius 3 is 1.60 bits per heavy atom. The monoisotopic (exact) mass is 200 g/mol. The molecule has 15 heavy (non-hydrogen) atoms. The van der Waals surface area contributed by atoms with Gasteiger partial charge in [0, 0.05) is 0 Å². The first kappa shape index (κ1) is 8.61. The lowest BCUT2D eigenvalue weighted by molar-refractivity contribution is 0.541. The van der Waals surface area contributed by atoms with E-state index in [1.165, 1.54) is 57.8 Å². The van der Waals surface area contributed by atoms with E-state index < -0.39 is 0 Å². The molecular formula is C15H20. The minimum atomic E-state index is 1.07. The zero-order valence-electron chi connectivity index (χ0n) is 9.52. The predicted molar refractivity (Wildman–Crippen MR) is 62.6 cm³/mol. The average Bonchev–Trinajstić information content (AvgIpc) is 2.96. The predicted octanol–water partition coefficient (Wildman–Crippen LogP) is 4.38. The molecule has 2 atom stereocenters. The molecule has 0 amide bonds. The molecule has 2 saturated carbocycles. The van der Waals surface area contributed by atoms with Crippen molar-refractivity contribution >= 4 is 0 Å². The molecule has 4 bridgehead atoms. The van der Waals surface area contributed by atoms with E-state index in [2.05, 4.69) is 0 Å². The van der Waals surface area contributed by atoms with E-state index >= 15 is 0 Å². The Morgan fingerprint density at radius 1 is 0.733 bits per heavy atom. The fourth-order valence-electron chi connectivity index (χ4n) is 4.49. The van der Waals surface area contributed by atoms with E-state index in [4.69, 9.17) is 0 Å². The van der Waals surface area contributed by atoms with Crippen molar-refractivity contribution in [2.75, 3.05) is 0 Å². The summed E-state index contributed by atoms with van der Waals surface area (Å²) in [7, 11) is 0. The van der Waals surface area contributed by atoms with Crippen LogP contribution in [0.15, 0.2) is 22.3 Å². The highest BCUT2D eigenvalue weighted by Crippen LogP contribution is 2.50. The van der Waals surface area contributed by atoms with Gasteiger partial charge in [0.25, 0.3) is 0 Å². The van der Waals surface area contributed by atoms with Crippen molar-refractivity contribution in [3.8, 4) is 0 Å². The molecule has 2 fully saturated rings. The van der Waals surface area contributed by atoms with E-state index in [1.54, 1.807) is 0 Å². The zero-order valence-corrected chi connectivity index (χ0v) is 9.52. The van der Waals surface area contributed by atoms with Gasteiger partial charge in [0.2, 0.25) is 0 Å². The van der Waals surface area contributed by atoms with Gasteiger partial charge in [0.15, 0.2) is 0 Å². The van der Waals surface area contributed by atoms with Crippen molar-refractivity contribution in [1.29, 1.82) is 0 Å². The number of hydrogen-bond donors (Lipinski definition) is 0. The Labute approximate surface area is 92.4 Å². The molecule has 0 aliphatic heterocycles. The third-order valence-electron chi connectivity index (χ3n) is 5.28. The molecule has 0 aromatic heterocycles. The highest BCUT2D eigenvalue weighted by atomic mass is 14.4. The molecule has 0 aromatic rings. The summed E-state index contributed by atoms with van der Waals surface area (Å²) in [4.78, 5) is 0. The van der Waals surface area contributed by atoms with Crippen molar-refractivity contribution in [1.82, 2.24) is 0 Å². The van der Waals surface area contributed by atoms with Gasteiger partial charge in [-0.3, -0.25) is 0 Å². The molecule has 0 heterocycles. The Balaban J connectivity index is 1.57. The molecule has 0 radical (unpaired) electrons. The van der Waals surface area contributed by atoms with Crippen molar-refractivity contribution < 1.29 is 0 Å². The van der Waals surface area contributed by atoms with Crippen LogP contribution in [0.25, 0.3) is 0 Å². The second kappa shape index (κ2) is 2.99. The summed E-state index contributed by atoms with van der Waals surface area (Å²) in [5.74, 6) is 2.14. The first-order valence-electron chi connectivity index (χ1n) is 6.78. The highest BCUT2D eigenvalue weighted by molar-refractivity contribution is 5.35. The first-order chi connectivity index (χ1) is 7.38. The van der Waals surface area contributed by atoms with E-state index in [1.807, 2.05) is 22.3 Å². The second-order valence-electron chi connectivity index (χ2n) is 6.22. The van der Waals surface area contributed by atoms with Gasteiger partial charge in [-0.15, -0.1) is 0 Å². The van der Waals surface area contributed by atoms with Crippen LogP contribution in [0.1, 0.15) is 57.8 Å². The first-order valence-corrected chi connectivity index (χ1v) is 6.78. The number of fused-ring (bicyclic) bond motifs is 4. The van der Waals surface area contributed by atoms with E-state index in [0.29, 0.717) is 0 Å². The lowest BCUT2D eigenvalue weighted by Crippen LogP contribution is -1.99. The molecule has 4 rings (SSSR count). The van der Waals surface area contributed by atoms with Gasteiger partial charge in [-0.1, -0.05) is 22.3 Å². The third kappa shape index (κ3) is 1.26. The summed E-state index contributed by atoms with van der Waals surface area (Å²) in [6.45, 7) is 0. The summed E-state index contributed by atoms with van der Waals surface area (Å²) in [5.41, 5.74) is 7.49. The van der Waals surface area contributed by atoms with Crippen LogP contribution in [0.5, 0.6) is 0 Å². The van der Waals surface area contributed by atoms with E-state index in [-0.39, 0.29) is 0 Å². The molecule has 0 N–H and O–H groups in total. The molecule has 0 nitrogen and oxygen atoms in total. The number of rotatable bonds is 2. The van der Waals surface area contributed by atoms with Crippen LogP contribution in [0.4, 0.5) is 0 Å². The van der Waals surface area contributed by atoms with Crippen molar-refractivity contribution in [2.45, 2.75) is 57.8 Å². The van der Waals surface area contributed by atoms with Crippen LogP contribution in [0.2, 0.25) is 0 Å². The molecular weight excluding hydrogens is 180 g/mol. The lowest BCUT2D eigenvalue weighted by Gasteiger charge is -2.16. The smallest absolute Gasteiger partial charge is 0.0103 e. The zero-order chi connectivity index (χ0) is 9.83. The maximum Gasteiger partial charge on any atom is -0.0103 e. The fraction of sp³-hybridized carbons (Fsp3) is 0.733. The van der Waals surface area contributed by atoms with Gasteiger partial charge in [-0.05, 0) is 69.6 Å². The highest BCUT2D eigenvalue weighted by Gasteiger charge is 2.34. The van der Waals surface area contributed by atoms with Crippen LogP contribution in [0.3, 0.4) is 0 Å². The molecule has 4 aliphatic carbocycles. The van der Waals surface area contributed by atoms with Crippen molar-refractivity contribution in [3.63, 3.8) is 0 Å². The Bertz CT molecular complexity index is 333. The summed E-state index contributed by atoms with van der Waals surface area (Å²) in [5, 5.41) is 0. The molecule has 2 unspecified atom stereocenters. The van der Waals surface area contributed by atoms with Crippen LogP contribution in [-0.2, 0) is 0 Å². The quantitative estimate of drug-likeness (QED) is 0.580. The fourth-order valence-corrected chi connectivity index (χ4v) is 4.49. The number of hydrogen-bond acceptors (Lipinski definition) is 0. The Hall–Kier alpha value is -0.520. The molecule has 0 saturated heterocycles. The maximum atomic E-state index is 1.88. The maximum absolute atomic E-state index is 1.88. The summed E-state index contributed by atoms with van der Waals surface area (Å²) in [6.07, 6.45) is 13.2. The molecule has 0 heteroatoms. The molecule has 0 aromatic carbocycles. The SMILES string of the molecule is C1CC2CC1=C(CC1=C3CCC(C3)C1)C2. The minimum absolute atomic E-state index is 1.07. The molecule has 4 aliphatic rings. The van der Waals surface area contributed by atoms with Crippen molar-refractivity contribution in [3.05, 3.63) is 22.3 Å². The second-order valence-corrected chi connectivity index (χ2v) is 6.22. The summed E-state index contributed by atoms with van der Waals surface area (Å²) < 4.78 is 0. The van der Waals surface area contributed by atoms with Crippen molar-refractivity contribution in [2.24, 2.45) is 11.8 Å². The normalized spacial score (nSPS) is 37.6. The minimum Gasteiger partial charge on any atom is -0.0704 e. The lowest BCUT2D eigenvalue weighted by atomic mass is 9.89. The van der Waals surface area contributed by atoms with Crippen LogP contribution in [0, 0.1) is 11.8 Å². The van der Waals surface area contributed by atoms with Gasteiger partial charge in [-0.2, -0.15) is 0 Å². The molecule has 0 spiro atoms. The Morgan fingerprint density at radius 2 is 1.27 bits per heavy atom. The van der Waals surface area contributed by atoms with Crippen LogP contribution >= 0.6 is 0 Å². The van der Waals surface area contributed by atoms with Gasteiger partial charge in [-0.25, -0.2) is 0 Å². The third-order valence-corrected chi connectivity index (χ3v) is 5.28. The summed E-state index contributed by atoms with van der Waals surface area (Å²) >= 11 is 0. The average molecular weight is 200 g/mol. The van der Waals surface area contributed by atoms with Crippen LogP contribution in [-0.4, -0.2) is 0 Å². The van der Waals surface area contributed by atoms with Gasteiger partial charge < -0.3 is 0 Å². The largest absolute Gasteiger partial charge is 0.0704 e. The van der Waals surface area contributed by atoms with E-state index in [9.17, 15) is 0 Å². The number of allylic oxidation sites excluding steroid dienone is 4. The van der Waals surface area contributed by atoms with Crippen LogP contribution < -0.4 is 0 Å². The molecule has 80 valence electrons. The van der Waals surface area contributed by atoms with Gasteiger partial charge in [0.1, 0.15) is 0 Å². The van der Waals surface area contributed by atoms with Gasteiger partial charge in [0.05, 0.1) is 0 Å². The van der Waals surface area contributed by atoms with E-state index in [0.717, 1.165) is 11.8 Å². The topological polar surface area (TPSA) is 0 Å². The van der Waals surface area contributed by atoms with Gasteiger partial charge >= 0.3 is 0 Å². The standard InChI is InChI=1S/C15H20/c1-3-12-5-10(1)7-14(12)9-15-8-11-2-4-13(15)6-11/h10-11H,1-9H2. The summed E-state index contributed by atoms with van der Waals surface area (Å²) in [6, 6.07) is 0. The Kier molecular flexibility index (Phi) is 1.72.